The van der Waals surface area contributed by atoms with Crippen LogP contribution in [0.25, 0.3) is 11.3 Å². The van der Waals surface area contributed by atoms with Crippen molar-refractivity contribution >= 4 is 40.6 Å². The predicted molar refractivity (Wildman–Crippen MR) is 233 cm³/mol. The third-order valence-electron chi connectivity index (χ3n) is 11.7. The number of alkyl halides is 24. The van der Waals surface area contributed by atoms with Crippen molar-refractivity contribution < 1.29 is 110 Å². The molecule has 0 aliphatic heterocycles. The first-order valence-corrected chi connectivity index (χ1v) is 21.6. The van der Waals surface area contributed by atoms with Crippen LogP contribution in [-0.2, 0) is 56.0 Å². The first kappa shape index (κ1) is 59.4. The van der Waals surface area contributed by atoms with Crippen LogP contribution in [0.3, 0.4) is 0 Å². The molecule has 7 aromatic rings. The van der Waals surface area contributed by atoms with E-state index in [1.165, 1.54) is 5.56 Å². The molecule has 1 aromatic heterocycles. The zero-order valence-electron chi connectivity index (χ0n) is 37.6. The molecule has 0 aliphatic carbocycles. The van der Waals surface area contributed by atoms with Crippen LogP contribution in [0.4, 0.5) is 105 Å². The summed E-state index contributed by atoms with van der Waals surface area (Å²) in [5, 5.41) is 0. The van der Waals surface area contributed by atoms with Crippen LogP contribution in [-0.4, -0.2) is 11.1 Å². The van der Waals surface area contributed by atoms with Crippen LogP contribution in [0.2, 0.25) is 0 Å². The second-order valence-corrected chi connectivity index (χ2v) is 17.3. The summed E-state index contributed by atoms with van der Waals surface area (Å²) in [6.45, 7) is 0.820. The Bertz CT molecular complexity index is 2800. The molecule has 0 unspecified atom stereocenters. The zero-order valence-corrected chi connectivity index (χ0v) is 38.4. The summed E-state index contributed by atoms with van der Waals surface area (Å²) in [5.41, 5.74) is -26.8. The van der Waals surface area contributed by atoms with Crippen LogP contribution >= 0.6 is 12.6 Å². The molecule has 77 heavy (non-hydrogen) atoms. The summed E-state index contributed by atoms with van der Waals surface area (Å²) >= 11 is 4.54. The topological polar surface area (TPSA) is 16.8 Å². The van der Waals surface area contributed by atoms with Crippen LogP contribution in [0.15, 0.2) is 151 Å². The summed E-state index contributed by atoms with van der Waals surface area (Å²) in [7, 11) is 0. The van der Waals surface area contributed by atoms with E-state index in [1.807, 2.05) is 42.9 Å². The molecule has 0 saturated heterocycles. The third kappa shape index (κ3) is 13.6. The molecule has 2 nitrogen and oxygen atoms in total. The minimum absolute atomic E-state index is 0.691. The van der Waals surface area contributed by atoms with Gasteiger partial charge in [0.25, 0.3) is 0 Å². The molecule has 0 saturated carbocycles. The maximum atomic E-state index is 14.2. The number of nitrogens with zero attached hydrogens (tertiary/aromatic N) is 2. The van der Waals surface area contributed by atoms with Gasteiger partial charge in [-0.2, -0.15) is 132 Å². The van der Waals surface area contributed by atoms with Gasteiger partial charge in [-0.3, -0.25) is 4.98 Å². The van der Waals surface area contributed by atoms with Gasteiger partial charge in [-0.15, -0.1) is 12.6 Å². The predicted octanol–water partition coefficient (Wildman–Crippen LogP) is 14.6. The summed E-state index contributed by atoms with van der Waals surface area (Å²) in [6, 6.07) is 9.68. The summed E-state index contributed by atoms with van der Waals surface area (Å²) < 4.78 is 343. The maximum absolute atomic E-state index is 14.2. The molecule has 0 amide bonds. The van der Waals surface area contributed by atoms with E-state index in [4.69, 9.17) is 0 Å². The highest BCUT2D eigenvalue weighted by molar-refractivity contribution is 7.80. The average molecular weight is 1140 g/mol. The van der Waals surface area contributed by atoms with Gasteiger partial charge in [-0.05, 0) is 36.4 Å². The van der Waals surface area contributed by atoms with Gasteiger partial charge in [0.15, 0.2) is 12.7 Å². The molecule has 0 radical (unpaired) electrons. The van der Waals surface area contributed by atoms with Gasteiger partial charge in [0.2, 0.25) is 5.69 Å². The maximum Gasteiger partial charge on any atom is 0.416 e. The Kier molecular flexibility index (Phi) is 16.1. The fraction of sp³-hybridized carbons (Fsp3) is 0.184. The van der Waals surface area contributed by atoms with Crippen molar-refractivity contribution in [1.82, 2.24) is 4.98 Å². The Morgan fingerprint density at radius 3 is 0.909 bits per heavy atom. The molecule has 7 rings (SSSR count). The largest absolute Gasteiger partial charge is 0.416 e. The highest BCUT2D eigenvalue weighted by Gasteiger charge is 2.47. The number of thiol groups is 1. The zero-order chi connectivity index (χ0) is 57.7. The van der Waals surface area contributed by atoms with Crippen molar-refractivity contribution in [3.63, 3.8) is 0 Å². The second kappa shape index (κ2) is 20.8. The van der Waals surface area contributed by atoms with Gasteiger partial charge in [-0.1, -0.05) is 91.0 Å². The molecule has 0 atom stereocenters. The van der Waals surface area contributed by atoms with Crippen LogP contribution in [0.1, 0.15) is 50.1 Å². The van der Waals surface area contributed by atoms with Crippen LogP contribution in [0, 0.1) is 0 Å². The molecule has 28 heteroatoms. The van der Waals surface area contributed by atoms with Gasteiger partial charge in [-0.25, -0.2) is 0 Å². The standard InChI is InChI=1S/C32H12BF24.C17H14N2S/c34-25(35,36)13-1-14(26(37,38)39)6-21(5-13)33(22-7-15(27(40,41)42)2-16(8-22)28(43,44)45,23-9-17(29(46,47)48)3-18(10-23)30(49,50)51)24-11-19(31(52,53)54)4-20(12-24)32(55,56)57;20-17-9-5-4-8-15(17)16-12-18-10-11-19(16)13-14-6-2-1-3-7-14/h1-12H;1-12H,13H2/q-1;/p+1. The number of halogens is 24. The highest BCUT2D eigenvalue weighted by atomic mass is 32.1. The van der Waals surface area contributed by atoms with Crippen LogP contribution in [0.5, 0.6) is 0 Å². The summed E-state index contributed by atoms with van der Waals surface area (Å²) in [6.07, 6.45) is -49.1. The number of rotatable bonds is 7. The van der Waals surface area contributed by atoms with Gasteiger partial charge < -0.3 is 0 Å². The van der Waals surface area contributed by atoms with Gasteiger partial charge in [0.05, 0.1) is 62.5 Å². The van der Waals surface area contributed by atoms with E-state index in [0.29, 0.717) is 0 Å². The number of hydrogen-bond donors (Lipinski definition) is 1. The van der Waals surface area contributed by atoms with Crippen molar-refractivity contribution in [3.05, 3.63) is 196 Å². The van der Waals surface area contributed by atoms with Crippen molar-refractivity contribution in [3.8, 4) is 11.3 Å². The van der Waals surface area contributed by atoms with Gasteiger partial charge >= 0.3 is 49.4 Å². The van der Waals surface area contributed by atoms with E-state index in [2.05, 4.69) is 52.5 Å². The van der Waals surface area contributed by atoms with E-state index in [0.717, 1.165) is 22.7 Å². The summed E-state index contributed by atoms with van der Waals surface area (Å²) in [5.74, 6) is 0. The van der Waals surface area contributed by atoms with Crippen LogP contribution < -0.4 is 26.4 Å². The Morgan fingerprint density at radius 2 is 0.636 bits per heavy atom. The Balaban J connectivity index is 0.000000397. The molecule has 0 N–H and O–H groups in total. The minimum Gasteiger partial charge on any atom is -0.252 e. The molecule has 6 aromatic carbocycles. The molecule has 0 bridgehead atoms. The van der Waals surface area contributed by atoms with Gasteiger partial charge in [0, 0.05) is 10.5 Å². The van der Waals surface area contributed by atoms with E-state index in [9.17, 15) is 105 Å². The van der Waals surface area contributed by atoms with E-state index >= 15 is 0 Å². The van der Waals surface area contributed by atoms with Crippen molar-refractivity contribution in [2.24, 2.45) is 0 Å². The summed E-state index contributed by atoms with van der Waals surface area (Å²) in [4.78, 5) is 5.21. The van der Waals surface area contributed by atoms with Crippen molar-refractivity contribution in [1.29, 1.82) is 0 Å². The van der Waals surface area contributed by atoms with Gasteiger partial charge in [0.1, 0.15) is 6.15 Å². The quantitative estimate of drug-likeness (QED) is 0.0728. The molecule has 0 fully saturated rings. The van der Waals surface area contributed by atoms with Crippen molar-refractivity contribution in [2.75, 3.05) is 0 Å². The first-order valence-electron chi connectivity index (χ1n) is 21.1. The lowest BCUT2D eigenvalue weighted by atomic mass is 9.12. The fourth-order valence-electron chi connectivity index (χ4n) is 8.29. The molecule has 1 heterocycles. The van der Waals surface area contributed by atoms with E-state index in [-0.39, 0.29) is 0 Å². The molecule has 0 spiro atoms. The van der Waals surface area contributed by atoms with E-state index in [1.54, 1.807) is 0 Å². The lowest BCUT2D eigenvalue weighted by molar-refractivity contribution is -0.678. The average Bonchev–Trinajstić information content (AvgIpc) is 3.30. The van der Waals surface area contributed by atoms with E-state index < -0.39 is 195 Å². The van der Waals surface area contributed by atoms with Crippen molar-refractivity contribution in [2.45, 2.75) is 60.9 Å². The SMILES string of the molecule is FC(F)(F)c1cc([B-](c2cc(C(F)(F)F)cc(C(F)(F)F)c2)(c2cc(C(F)(F)F)cc(C(F)(F)F)c2)c2cc(C(F)(F)F)cc(C(F)(F)F)c2)cc(C(F)(F)F)c1.Sc1ccccc1-c1cncc[n+]1Cc1ccccc1. The number of benzene rings is 6. The highest BCUT2D eigenvalue weighted by Crippen LogP contribution is 2.41. The normalized spacial score (nSPS) is 13.3. The fourth-order valence-corrected chi connectivity index (χ4v) is 8.57. The molecule has 0 aliphatic rings. The minimum atomic E-state index is -6.13. The third-order valence-corrected chi connectivity index (χ3v) is 12.0. The smallest absolute Gasteiger partial charge is 0.252 e. The molecule has 410 valence electrons. The Morgan fingerprint density at radius 1 is 0.364 bits per heavy atom. The monoisotopic (exact) mass is 1140 g/mol. The second-order valence-electron chi connectivity index (χ2n) is 16.8. The lowest BCUT2D eigenvalue weighted by Crippen LogP contribution is -2.75. The molecular formula is C49H27BF24N2S. The molecular weight excluding hydrogens is 1120 g/mol. The lowest BCUT2D eigenvalue weighted by Gasteiger charge is -2.46. The number of aromatic nitrogens is 2. The number of hydrogen-bond acceptors (Lipinski definition) is 2. The first-order chi connectivity index (χ1) is 35.1. The Hall–Kier alpha value is -6.87. The Labute approximate surface area is 422 Å².